The number of rotatable bonds is 3. The molecule has 2 nitrogen and oxygen atoms in total. The average Bonchev–Trinajstić information content (AvgIpc) is 2.10. The Hall–Kier alpha value is -0.480. The molecule has 0 atom stereocenters. The Kier molecular flexibility index (Phi) is 4.01. The van der Waals surface area contributed by atoms with Crippen LogP contribution in [0.2, 0.25) is 0 Å². The molecule has 0 fully saturated rings. The van der Waals surface area contributed by atoms with Crippen molar-refractivity contribution in [3.8, 4) is 0 Å². The lowest BCUT2D eigenvalue weighted by molar-refractivity contribution is 1.11. The molecule has 1 aromatic rings. The molecule has 0 saturated carbocycles. The minimum Gasteiger partial charge on any atom is -0.398 e. The van der Waals surface area contributed by atoms with Crippen molar-refractivity contribution >= 4 is 35.8 Å². The first-order valence-electron chi connectivity index (χ1n) is 4.51. The molecular weight excluding hydrogens is 212 g/mol. The van der Waals surface area contributed by atoms with E-state index in [0.29, 0.717) is 10.9 Å². The highest BCUT2D eigenvalue weighted by molar-refractivity contribution is 8.00. The number of hydrogen-bond acceptors (Lipinski definition) is 4. The fraction of sp³-hybridized carbons (Fsp3) is 0.400. The molecule has 0 aliphatic carbocycles. The highest BCUT2D eigenvalue weighted by Crippen LogP contribution is 2.34. The SMILES string of the molecule is CNc1cc(N)c(S)cc1SC(C)C. The molecule has 0 amide bonds. The van der Waals surface area contributed by atoms with Gasteiger partial charge in [-0.15, -0.1) is 24.4 Å². The maximum Gasteiger partial charge on any atom is 0.0497 e. The van der Waals surface area contributed by atoms with Gasteiger partial charge in [0.15, 0.2) is 0 Å². The zero-order valence-corrected chi connectivity index (χ0v) is 10.4. The molecule has 0 aromatic heterocycles. The van der Waals surface area contributed by atoms with Gasteiger partial charge in [-0.05, 0) is 12.1 Å². The summed E-state index contributed by atoms with van der Waals surface area (Å²) in [7, 11) is 1.90. The van der Waals surface area contributed by atoms with Crippen molar-refractivity contribution in [2.45, 2.75) is 28.9 Å². The van der Waals surface area contributed by atoms with Crippen molar-refractivity contribution in [2.24, 2.45) is 0 Å². The van der Waals surface area contributed by atoms with Crippen molar-refractivity contribution in [2.75, 3.05) is 18.1 Å². The summed E-state index contributed by atoms with van der Waals surface area (Å²) in [5.74, 6) is 0. The normalized spacial score (nSPS) is 10.6. The Balaban J connectivity index is 3.07. The number of nitrogens with two attached hydrogens (primary N) is 1. The molecule has 0 saturated heterocycles. The van der Waals surface area contributed by atoms with Crippen LogP contribution in [0.15, 0.2) is 21.9 Å². The van der Waals surface area contributed by atoms with Crippen LogP contribution in [-0.4, -0.2) is 12.3 Å². The second-order valence-corrected chi connectivity index (χ2v) is 5.42. The van der Waals surface area contributed by atoms with Crippen LogP contribution in [0, 0.1) is 0 Å². The lowest BCUT2D eigenvalue weighted by Gasteiger charge is -2.13. The number of thiol groups is 1. The predicted octanol–water partition coefficient (Wildman–Crippen LogP) is 3.10. The lowest BCUT2D eigenvalue weighted by Crippen LogP contribution is -1.97. The third-order valence-corrected chi connectivity index (χ3v) is 3.21. The molecule has 78 valence electrons. The second kappa shape index (κ2) is 4.84. The maximum absolute atomic E-state index is 5.77. The standard InChI is InChI=1S/C10H16N2S2/c1-6(2)14-10-5-9(13)7(11)4-8(10)12-3/h4-6,12-13H,11H2,1-3H3. The molecule has 0 aliphatic heterocycles. The van der Waals surface area contributed by atoms with E-state index in [2.05, 4.69) is 31.8 Å². The summed E-state index contributed by atoms with van der Waals surface area (Å²) in [6, 6.07) is 3.93. The Morgan fingerprint density at radius 3 is 2.57 bits per heavy atom. The largest absolute Gasteiger partial charge is 0.398 e. The van der Waals surface area contributed by atoms with Crippen molar-refractivity contribution in [1.82, 2.24) is 0 Å². The fourth-order valence-electron chi connectivity index (χ4n) is 1.13. The molecule has 1 rings (SSSR count). The van der Waals surface area contributed by atoms with Crippen LogP contribution in [0.3, 0.4) is 0 Å². The molecule has 0 bridgehead atoms. The Labute approximate surface area is 95.1 Å². The minimum absolute atomic E-state index is 0.554. The summed E-state index contributed by atoms with van der Waals surface area (Å²) in [5.41, 5.74) is 7.55. The lowest BCUT2D eigenvalue weighted by atomic mass is 10.3. The van der Waals surface area contributed by atoms with Gasteiger partial charge in [-0.2, -0.15) is 0 Å². The second-order valence-electron chi connectivity index (χ2n) is 3.32. The van der Waals surface area contributed by atoms with Gasteiger partial charge in [0.05, 0.1) is 0 Å². The van der Waals surface area contributed by atoms with Gasteiger partial charge in [0.2, 0.25) is 0 Å². The number of nitrogens with one attached hydrogen (secondary N) is 1. The number of hydrogen-bond donors (Lipinski definition) is 3. The van der Waals surface area contributed by atoms with Crippen LogP contribution in [0.25, 0.3) is 0 Å². The van der Waals surface area contributed by atoms with E-state index in [9.17, 15) is 0 Å². The molecule has 0 aliphatic rings. The summed E-state index contributed by atoms with van der Waals surface area (Å²) < 4.78 is 0. The third-order valence-electron chi connectivity index (χ3n) is 1.76. The number of anilines is 2. The monoisotopic (exact) mass is 228 g/mol. The van der Waals surface area contributed by atoms with Gasteiger partial charge in [-0.3, -0.25) is 0 Å². The van der Waals surface area contributed by atoms with Crippen LogP contribution in [-0.2, 0) is 0 Å². The minimum atomic E-state index is 0.554. The first kappa shape index (κ1) is 11.6. The number of nitrogen functional groups attached to an aromatic ring is 1. The molecule has 14 heavy (non-hydrogen) atoms. The van der Waals surface area contributed by atoms with Crippen LogP contribution < -0.4 is 11.1 Å². The van der Waals surface area contributed by atoms with Crippen molar-refractivity contribution in [3.05, 3.63) is 12.1 Å². The van der Waals surface area contributed by atoms with Gasteiger partial charge in [-0.1, -0.05) is 13.8 Å². The predicted molar refractivity (Wildman–Crippen MR) is 68.6 cm³/mol. The van der Waals surface area contributed by atoms with Crippen LogP contribution in [0.4, 0.5) is 11.4 Å². The highest BCUT2D eigenvalue weighted by atomic mass is 32.2. The van der Waals surface area contributed by atoms with E-state index in [0.717, 1.165) is 10.6 Å². The number of benzene rings is 1. The van der Waals surface area contributed by atoms with Crippen molar-refractivity contribution in [3.63, 3.8) is 0 Å². The maximum atomic E-state index is 5.77. The first-order chi connectivity index (χ1) is 6.54. The van der Waals surface area contributed by atoms with E-state index in [-0.39, 0.29) is 0 Å². The molecule has 0 radical (unpaired) electrons. The summed E-state index contributed by atoms with van der Waals surface area (Å²) in [5, 5.41) is 3.69. The van der Waals surface area contributed by atoms with E-state index in [1.807, 2.05) is 19.2 Å². The zero-order valence-electron chi connectivity index (χ0n) is 8.66. The summed E-state index contributed by atoms with van der Waals surface area (Å²) in [6.45, 7) is 4.33. The molecule has 0 unspecified atom stereocenters. The van der Waals surface area contributed by atoms with Gasteiger partial charge < -0.3 is 11.1 Å². The molecule has 1 aromatic carbocycles. The zero-order chi connectivity index (χ0) is 10.7. The van der Waals surface area contributed by atoms with Crippen LogP contribution in [0.5, 0.6) is 0 Å². The Bertz CT molecular complexity index is 324. The molecular formula is C10H16N2S2. The topological polar surface area (TPSA) is 38.0 Å². The Morgan fingerprint density at radius 1 is 1.43 bits per heavy atom. The van der Waals surface area contributed by atoms with E-state index < -0.39 is 0 Å². The van der Waals surface area contributed by atoms with E-state index in [1.54, 1.807) is 11.8 Å². The van der Waals surface area contributed by atoms with Gasteiger partial charge in [0.25, 0.3) is 0 Å². The van der Waals surface area contributed by atoms with Crippen LogP contribution in [0.1, 0.15) is 13.8 Å². The summed E-state index contributed by atoms with van der Waals surface area (Å²) in [6.07, 6.45) is 0. The third kappa shape index (κ3) is 2.75. The fourth-order valence-corrected chi connectivity index (χ4v) is 2.40. The molecule has 3 N–H and O–H groups in total. The average molecular weight is 228 g/mol. The number of thioether (sulfide) groups is 1. The highest BCUT2D eigenvalue weighted by Gasteiger charge is 2.07. The first-order valence-corrected chi connectivity index (χ1v) is 5.84. The van der Waals surface area contributed by atoms with Gasteiger partial charge in [0.1, 0.15) is 0 Å². The van der Waals surface area contributed by atoms with Crippen LogP contribution >= 0.6 is 24.4 Å². The molecule has 0 heterocycles. The van der Waals surface area contributed by atoms with Crippen molar-refractivity contribution in [1.29, 1.82) is 0 Å². The van der Waals surface area contributed by atoms with E-state index >= 15 is 0 Å². The van der Waals surface area contributed by atoms with E-state index in [1.165, 1.54) is 4.90 Å². The summed E-state index contributed by atoms with van der Waals surface area (Å²) >= 11 is 6.12. The van der Waals surface area contributed by atoms with E-state index in [4.69, 9.17) is 5.73 Å². The molecule has 4 heteroatoms. The Morgan fingerprint density at radius 2 is 2.07 bits per heavy atom. The smallest absolute Gasteiger partial charge is 0.0497 e. The van der Waals surface area contributed by atoms with Gasteiger partial charge >= 0.3 is 0 Å². The quantitative estimate of drug-likeness (QED) is 0.423. The van der Waals surface area contributed by atoms with Crippen molar-refractivity contribution < 1.29 is 0 Å². The summed E-state index contributed by atoms with van der Waals surface area (Å²) in [4.78, 5) is 2.04. The van der Waals surface area contributed by atoms with Gasteiger partial charge in [-0.25, -0.2) is 0 Å². The molecule has 0 spiro atoms. The van der Waals surface area contributed by atoms with Gasteiger partial charge in [0, 0.05) is 33.5 Å².